The molecule has 0 atom stereocenters. The summed E-state index contributed by atoms with van der Waals surface area (Å²) in [4.78, 5) is 37.3. The maximum Gasteiger partial charge on any atom is 0.374 e. The summed E-state index contributed by atoms with van der Waals surface area (Å²) in [5.74, 6) is -3.13. The molecule has 2 aromatic heterocycles. The van der Waals surface area contributed by atoms with Crippen LogP contribution >= 0.6 is 0 Å². The molecule has 0 bridgehead atoms. The quantitative estimate of drug-likeness (QED) is 0.706. The van der Waals surface area contributed by atoms with E-state index in [1.807, 2.05) is 0 Å². The van der Waals surface area contributed by atoms with Gasteiger partial charge in [-0.2, -0.15) is 0 Å². The second-order valence-electron chi connectivity index (χ2n) is 3.69. The maximum absolute atomic E-state index is 11.8. The third kappa shape index (κ3) is 1.78. The lowest BCUT2D eigenvalue weighted by Gasteiger charge is -2.00. The molecule has 2 rings (SSSR count). The van der Waals surface area contributed by atoms with Crippen LogP contribution in [0.1, 0.15) is 21.1 Å². The first-order valence-corrected chi connectivity index (χ1v) is 4.99. The molecule has 100 valence electrons. The van der Waals surface area contributed by atoms with Gasteiger partial charge in [-0.3, -0.25) is 4.57 Å². The third-order valence-electron chi connectivity index (χ3n) is 2.54. The van der Waals surface area contributed by atoms with Gasteiger partial charge in [0.2, 0.25) is 11.8 Å². The predicted octanol–water partition coefficient (Wildman–Crippen LogP) is -1.30. The Morgan fingerprint density at radius 3 is 2.21 bits per heavy atom. The molecule has 0 saturated heterocycles. The highest BCUT2D eigenvalue weighted by atomic mass is 16.4. The molecule has 0 spiro atoms. The van der Waals surface area contributed by atoms with E-state index < -0.39 is 23.5 Å². The minimum Gasteiger partial charge on any atom is -0.477 e. The van der Waals surface area contributed by atoms with Gasteiger partial charge in [-0.15, -0.1) is 9.78 Å². The average molecular weight is 267 g/mol. The van der Waals surface area contributed by atoms with Gasteiger partial charge in [-0.1, -0.05) is 0 Å². The fourth-order valence-corrected chi connectivity index (χ4v) is 1.55. The Bertz CT molecular complexity index is 737. The molecule has 0 fully saturated rings. The first-order valence-electron chi connectivity index (χ1n) is 4.99. The summed E-state index contributed by atoms with van der Waals surface area (Å²) in [6.07, 6.45) is 1.05. The van der Waals surface area contributed by atoms with Crippen LogP contribution in [0.2, 0.25) is 0 Å². The number of imidazole rings is 1. The van der Waals surface area contributed by atoms with Crippen molar-refractivity contribution in [1.82, 2.24) is 23.9 Å². The predicted molar refractivity (Wildman–Crippen MR) is 59.5 cm³/mol. The monoisotopic (exact) mass is 267 g/mol. The van der Waals surface area contributed by atoms with Crippen molar-refractivity contribution in [2.75, 3.05) is 0 Å². The van der Waals surface area contributed by atoms with E-state index in [1.165, 1.54) is 14.1 Å². The Balaban J connectivity index is 2.67. The molecular weight excluding hydrogens is 258 g/mol. The van der Waals surface area contributed by atoms with E-state index in [4.69, 9.17) is 10.2 Å². The van der Waals surface area contributed by atoms with Crippen molar-refractivity contribution in [1.29, 1.82) is 0 Å². The molecular formula is C9H9N5O5. The number of carboxylic acid groups (broad SMARTS) is 2. The van der Waals surface area contributed by atoms with Crippen molar-refractivity contribution in [3.63, 3.8) is 0 Å². The summed E-state index contributed by atoms with van der Waals surface area (Å²) in [5.41, 5.74) is -0.882. The summed E-state index contributed by atoms with van der Waals surface area (Å²) in [6.45, 7) is 0. The molecule has 0 unspecified atom stereocenters. The second kappa shape index (κ2) is 4.08. The molecule has 0 amide bonds. The number of hydrogen-bond acceptors (Lipinski definition) is 5. The lowest BCUT2D eigenvalue weighted by atomic mass is 10.5. The van der Waals surface area contributed by atoms with Crippen molar-refractivity contribution in [2.24, 2.45) is 14.1 Å². The molecule has 2 aromatic rings. The van der Waals surface area contributed by atoms with E-state index >= 15 is 0 Å². The van der Waals surface area contributed by atoms with Crippen LogP contribution in [0.15, 0.2) is 11.0 Å². The normalized spacial score (nSPS) is 10.6. The van der Waals surface area contributed by atoms with Crippen LogP contribution in [0.25, 0.3) is 5.95 Å². The van der Waals surface area contributed by atoms with E-state index in [9.17, 15) is 14.4 Å². The number of nitrogens with zero attached hydrogens (tertiary/aromatic N) is 5. The fraction of sp³-hybridized carbons (Fsp3) is 0.222. The number of carbonyl (C=O) groups is 2. The van der Waals surface area contributed by atoms with Gasteiger partial charge in [-0.25, -0.2) is 19.4 Å². The summed E-state index contributed by atoms with van der Waals surface area (Å²) in [7, 11) is 2.63. The van der Waals surface area contributed by atoms with E-state index in [1.54, 1.807) is 0 Å². The van der Waals surface area contributed by atoms with Gasteiger partial charge in [0.05, 0.1) is 6.20 Å². The van der Waals surface area contributed by atoms with Gasteiger partial charge < -0.3 is 14.8 Å². The summed E-state index contributed by atoms with van der Waals surface area (Å²) >= 11 is 0. The molecule has 0 radical (unpaired) electrons. The number of aromatic nitrogens is 5. The van der Waals surface area contributed by atoms with Gasteiger partial charge in [0.25, 0.3) is 0 Å². The average Bonchev–Trinajstić information content (AvgIpc) is 2.82. The van der Waals surface area contributed by atoms with E-state index in [0.29, 0.717) is 0 Å². The lowest BCUT2D eigenvalue weighted by Crippen LogP contribution is -2.25. The molecule has 0 saturated carbocycles. The van der Waals surface area contributed by atoms with Crippen LogP contribution in [0.5, 0.6) is 0 Å². The smallest absolute Gasteiger partial charge is 0.374 e. The molecule has 0 aliphatic heterocycles. The van der Waals surface area contributed by atoms with Gasteiger partial charge >= 0.3 is 17.6 Å². The first-order chi connectivity index (χ1) is 8.84. The van der Waals surface area contributed by atoms with Crippen LogP contribution in [-0.2, 0) is 14.1 Å². The lowest BCUT2D eigenvalue weighted by molar-refractivity contribution is 0.0670. The van der Waals surface area contributed by atoms with Gasteiger partial charge in [0.15, 0.2) is 0 Å². The first kappa shape index (κ1) is 12.5. The molecule has 2 N–H and O–H groups in total. The Kier molecular flexibility index (Phi) is 2.70. The van der Waals surface area contributed by atoms with E-state index in [0.717, 1.165) is 20.0 Å². The van der Waals surface area contributed by atoms with E-state index in [2.05, 4.69) is 10.1 Å². The number of rotatable bonds is 3. The highest BCUT2D eigenvalue weighted by Gasteiger charge is 2.21. The Labute approximate surface area is 105 Å². The highest BCUT2D eigenvalue weighted by molar-refractivity contribution is 5.85. The number of hydrogen-bond donors (Lipinski definition) is 2. The van der Waals surface area contributed by atoms with Crippen molar-refractivity contribution in [2.45, 2.75) is 0 Å². The topological polar surface area (TPSA) is 132 Å². The van der Waals surface area contributed by atoms with Crippen molar-refractivity contribution >= 4 is 11.9 Å². The van der Waals surface area contributed by atoms with Crippen LogP contribution in [0.4, 0.5) is 0 Å². The van der Waals surface area contributed by atoms with Crippen LogP contribution < -0.4 is 5.69 Å². The fourth-order valence-electron chi connectivity index (χ4n) is 1.55. The van der Waals surface area contributed by atoms with Crippen LogP contribution in [-0.4, -0.2) is 46.1 Å². The molecule has 0 aliphatic carbocycles. The van der Waals surface area contributed by atoms with Gasteiger partial charge in [0, 0.05) is 14.1 Å². The zero-order valence-corrected chi connectivity index (χ0v) is 9.93. The zero-order valence-electron chi connectivity index (χ0n) is 9.93. The summed E-state index contributed by atoms with van der Waals surface area (Å²) < 4.78 is 2.69. The highest BCUT2D eigenvalue weighted by Crippen LogP contribution is 2.06. The van der Waals surface area contributed by atoms with Crippen molar-refractivity contribution in [3.8, 4) is 5.95 Å². The molecule has 0 aliphatic rings. The van der Waals surface area contributed by atoms with Crippen molar-refractivity contribution in [3.05, 3.63) is 28.2 Å². The maximum atomic E-state index is 11.8. The minimum absolute atomic E-state index is 0.0782. The molecule has 19 heavy (non-hydrogen) atoms. The Morgan fingerprint density at radius 2 is 1.79 bits per heavy atom. The van der Waals surface area contributed by atoms with E-state index in [-0.39, 0.29) is 11.6 Å². The molecule has 10 heteroatoms. The summed E-state index contributed by atoms with van der Waals surface area (Å²) in [6, 6.07) is 0. The van der Waals surface area contributed by atoms with Gasteiger partial charge in [0.1, 0.15) is 5.69 Å². The van der Waals surface area contributed by atoms with Crippen LogP contribution in [0, 0.1) is 0 Å². The van der Waals surface area contributed by atoms with Crippen LogP contribution in [0.3, 0.4) is 0 Å². The van der Waals surface area contributed by atoms with Crippen molar-refractivity contribution < 1.29 is 19.8 Å². The largest absolute Gasteiger partial charge is 0.477 e. The molecule has 2 heterocycles. The van der Waals surface area contributed by atoms with Gasteiger partial charge in [-0.05, 0) is 0 Å². The number of aromatic carboxylic acids is 2. The summed E-state index contributed by atoms with van der Waals surface area (Å²) in [5, 5.41) is 21.3. The zero-order chi connectivity index (χ0) is 14.3. The minimum atomic E-state index is -1.37. The molecule has 10 nitrogen and oxygen atoms in total. The third-order valence-corrected chi connectivity index (χ3v) is 2.54. The SMILES string of the molecule is Cn1c(C(=O)O)cnc1-n1nc(C(=O)O)n(C)c1=O. The molecule has 0 aromatic carbocycles. The Hall–Kier alpha value is -2.91. The number of carboxylic acids is 2. The second-order valence-corrected chi connectivity index (χ2v) is 3.69. The Morgan fingerprint density at radius 1 is 1.16 bits per heavy atom. The standard InChI is InChI=1S/C9H9N5O5/c1-12-4(6(15)16)3-10-8(12)14-9(19)13(2)5(11-14)7(17)18/h3H,1-2H3,(H,15,16)(H,17,18).